The smallest absolute Gasteiger partial charge is 0.321 e. The van der Waals surface area contributed by atoms with Crippen LogP contribution in [0.3, 0.4) is 0 Å². The molecule has 0 radical (unpaired) electrons. The Morgan fingerprint density at radius 1 is 1.14 bits per heavy atom. The number of anilines is 1. The third-order valence-corrected chi connectivity index (χ3v) is 4.36. The van der Waals surface area contributed by atoms with E-state index in [0.717, 1.165) is 31.6 Å². The van der Waals surface area contributed by atoms with Crippen LogP contribution in [0.1, 0.15) is 30.4 Å². The first-order valence-electron chi connectivity index (χ1n) is 7.96. The van der Waals surface area contributed by atoms with E-state index in [0.29, 0.717) is 5.92 Å². The maximum absolute atomic E-state index is 12.4. The summed E-state index contributed by atoms with van der Waals surface area (Å²) in [4.78, 5) is 14.3. The van der Waals surface area contributed by atoms with Crippen molar-refractivity contribution in [2.75, 3.05) is 18.4 Å². The van der Waals surface area contributed by atoms with Gasteiger partial charge in [-0.3, -0.25) is 0 Å². The van der Waals surface area contributed by atoms with Crippen LogP contribution in [0.5, 0.6) is 0 Å². The Hall–Kier alpha value is -2.29. The van der Waals surface area contributed by atoms with Crippen LogP contribution >= 0.6 is 0 Å². The number of carbonyl (C=O) groups is 1. The number of nitrogens with one attached hydrogen (secondary N) is 1. The molecule has 1 N–H and O–H groups in total. The summed E-state index contributed by atoms with van der Waals surface area (Å²) in [6, 6.07) is 18.5. The van der Waals surface area contributed by atoms with Crippen molar-refractivity contribution in [1.82, 2.24) is 4.90 Å². The van der Waals surface area contributed by atoms with Crippen molar-refractivity contribution in [3.8, 4) is 0 Å². The lowest BCUT2D eigenvalue weighted by molar-refractivity contribution is 0.222. The first-order chi connectivity index (χ1) is 10.8. The maximum Gasteiger partial charge on any atom is 0.321 e. The fourth-order valence-corrected chi connectivity index (χ4v) is 2.97. The average molecular weight is 294 g/mol. The van der Waals surface area contributed by atoms with Crippen LogP contribution in [0.25, 0.3) is 0 Å². The molecule has 22 heavy (non-hydrogen) atoms. The van der Waals surface area contributed by atoms with Gasteiger partial charge in [0.1, 0.15) is 0 Å². The lowest BCUT2D eigenvalue weighted by Gasteiger charge is -2.17. The molecule has 3 nitrogen and oxygen atoms in total. The molecule has 1 heterocycles. The highest BCUT2D eigenvalue weighted by molar-refractivity contribution is 5.89. The van der Waals surface area contributed by atoms with Gasteiger partial charge in [-0.1, -0.05) is 49.4 Å². The molecule has 2 aromatic carbocycles. The zero-order valence-electron chi connectivity index (χ0n) is 13.0. The minimum atomic E-state index is 0.00248. The van der Waals surface area contributed by atoms with E-state index in [4.69, 9.17) is 0 Å². The van der Waals surface area contributed by atoms with Crippen LogP contribution < -0.4 is 5.32 Å². The van der Waals surface area contributed by atoms with Gasteiger partial charge in [-0.25, -0.2) is 4.79 Å². The lowest BCUT2D eigenvalue weighted by Crippen LogP contribution is -2.32. The van der Waals surface area contributed by atoms with Gasteiger partial charge in [0.25, 0.3) is 0 Å². The number of rotatable bonds is 3. The zero-order chi connectivity index (χ0) is 15.4. The highest BCUT2D eigenvalue weighted by atomic mass is 16.2. The fraction of sp³-hybridized carbons (Fsp3) is 0.316. The van der Waals surface area contributed by atoms with E-state index in [1.807, 2.05) is 23.1 Å². The van der Waals surface area contributed by atoms with Gasteiger partial charge in [-0.15, -0.1) is 0 Å². The Bertz CT molecular complexity index is 622. The van der Waals surface area contributed by atoms with Crippen LogP contribution in [0.2, 0.25) is 0 Å². The number of amides is 2. The second kappa shape index (κ2) is 6.65. The number of carbonyl (C=O) groups excluding carboxylic acids is 1. The summed E-state index contributed by atoms with van der Waals surface area (Å²) in [5.41, 5.74) is 3.47. The number of benzene rings is 2. The minimum absolute atomic E-state index is 0.00248. The van der Waals surface area contributed by atoms with Crippen LogP contribution in [0.4, 0.5) is 10.5 Å². The van der Waals surface area contributed by atoms with Gasteiger partial charge in [0.2, 0.25) is 0 Å². The van der Waals surface area contributed by atoms with Crippen molar-refractivity contribution < 1.29 is 4.79 Å². The van der Waals surface area contributed by atoms with E-state index in [1.54, 1.807) is 0 Å². The standard InChI is InChI=1S/C19H22N2O/c1-2-15-8-10-18(11-9-15)20-19(22)21-13-12-17(14-21)16-6-4-3-5-7-16/h3-11,17H,2,12-14H2,1H3,(H,20,22)/t17-/m0/s1. The maximum atomic E-state index is 12.4. The Kier molecular flexibility index (Phi) is 4.42. The molecule has 0 saturated carbocycles. The van der Waals surface area contributed by atoms with Gasteiger partial charge in [-0.05, 0) is 36.1 Å². The topological polar surface area (TPSA) is 32.3 Å². The SMILES string of the molecule is CCc1ccc(NC(=O)N2CC[C@H](c3ccccc3)C2)cc1. The largest absolute Gasteiger partial charge is 0.324 e. The molecule has 1 aliphatic heterocycles. The van der Waals surface area contributed by atoms with E-state index in [9.17, 15) is 4.79 Å². The predicted molar refractivity (Wildman–Crippen MR) is 90.2 cm³/mol. The molecule has 2 aromatic rings. The van der Waals surface area contributed by atoms with Gasteiger partial charge >= 0.3 is 6.03 Å². The summed E-state index contributed by atoms with van der Waals surface area (Å²) in [7, 11) is 0. The van der Waals surface area contributed by atoms with Crippen molar-refractivity contribution in [3.63, 3.8) is 0 Å². The number of nitrogens with zero attached hydrogens (tertiary/aromatic N) is 1. The Balaban J connectivity index is 1.59. The van der Waals surface area contributed by atoms with E-state index in [1.165, 1.54) is 11.1 Å². The lowest BCUT2D eigenvalue weighted by atomic mass is 9.99. The highest BCUT2D eigenvalue weighted by Crippen LogP contribution is 2.27. The summed E-state index contributed by atoms with van der Waals surface area (Å²) in [6.45, 7) is 3.74. The number of likely N-dealkylation sites (tertiary alicyclic amines) is 1. The quantitative estimate of drug-likeness (QED) is 0.900. The van der Waals surface area contributed by atoms with Crippen molar-refractivity contribution >= 4 is 11.7 Å². The van der Waals surface area contributed by atoms with Crippen LogP contribution in [-0.4, -0.2) is 24.0 Å². The second-order valence-electron chi connectivity index (χ2n) is 5.82. The van der Waals surface area contributed by atoms with E-state index >= 15 is 0 Å². The molecule has 1 atom stereocenters. The van der Waals surface area contributed by atoms with E-state index in [2.05, 4.69) is 48.6 Å². The third kappa shape index (κ3) is 3.30. The fourth-order valence-electron chi connectivity index (χ4n) is 2.97. The number of urea groups is 1. The molecule has 0 aromatic heterocycles. The molecule has 0 spiro atoms. The molecule has 3 heteroatoms. The molecular formula is C19H22N2O. The molecule has 1 saturated heterocycles. The summed E-state index contributed by atoms with van der Waals surface area (Å²) < 4.78 is 0. The molecule has 3 rings (SSSR count). The van der Waals surface area contributed by atoms with Crippen molar-refractivity contribution in [2.45, 2.75) is 25.7 Å². The van der Waals surface area contributed by atoms with Crippen molar-refractivity contribution in [2.24, 2.45) is 0 Å². The van der Waals surface area contributed by atoms with Crippen LogP contribution in [0.15, 0.2) is 54.6 Å². The Labute approximate surface area is 132 Å². The average Bonchev–Trinajstić information content (AvgIpc) is 3.06. The molecule has 0 unspecified atom stereocenters. The van der Waals surface area contributed by atoms with Gasteiger partial charge in [0, 0.05) is 24.7 Å². The predicted octanol–water partition coefficient (Wildman–Crippen LogP) is 4.27. The molecule has 0 aliphatic carbocycles. The van der Waals surface area contributed by atoms with Gasteiger partial charge in [0.15, 0.2) is 0 Å². The third-order valence-electron chi connectivity index (χ3n) is 4.36. The van der Waals surface area contributed by atoms with Crippen molar-refractivity contribution in [3.05, 3.63) is 65.7 Å². The van der Waals surface area contributed by atoms with Crippen LogP contribution in [0, 0.1) is 0 Å². The molecule has 1 fully saturated rings. The zero-order valence-corrected chi connectivity index (χ0v) is 13.0. The minimum Gasteiger partial charge on any atom is -0.324 e. The first kappa shape index (κ1) is 14.6. The van der Waals surface area contributed by atoms with Gasteiger partial charge < -0.3 is 10.2 Å². The van der Waals surface area contributed by atoms with E-state index < -0.39 is 0 Å². The second-order valence-corrected chi connectivity index (χ2v) is 5.82. The number of aryl methyl sites for hydroxylation is 1. The normalized spacial score (nSPS) is 17.5. The molecule has 1 aliphatic rings. The van der Waals surface area contributed by atoms with Gasteiger partial charge in [0.05, 0.1) is 0 Å². The summed E-state index contributed by atoms with van der Waals surface area (Å²) in [6.07, 6.45) is 2.05. The number of hydrogen-bond acceptors (Lipinski definition) is 1. The van der Waals surface area contributed by atoms with Crippen molar-refractivity contribution in [1.29, 1.82) is 0 Å². The van der Waals surface area contributed by atoms with Gasteiger partial charge in [-0.2, -0.15) is 0 Å². The highest BCUT2D eigenvalue weighted by Gasteiger charge is 2.27. The monoisotopic (exact) mass is 294 g/mol. The summed E-state index contributed by atoms with van der Waals surface area (Å²) in [5, 5.41) is 2.99. The summed E-state index contributed by atoms with van der Waals surface area (Å²) in [5.74, 6) is 0.453. The Morgan fingerprint density at radius 2 is 1.86 bits per heavy atom. The first-order valence-corrected chi connectivity index (χ1v) is 7.96. The molecular weight excluding hydrogens is 272 g/mol. The molecule has 2 amide bonds. The van der Waals surface area contributed by atoms with Crippen LogP contribution in [-0.2, 0) is 6.42 Å². The van der Waals surface area contributed by atoms with E-state index in [-0.39, 0.29) is 6.03 Å². The Morgan fingerprint density at radius 3 is 2.55 bits per heavy atom. The number of hydrogen-bond donors (Lipinski definition) is 1. The summed E-state index contributed by atoms with van der Waals surface area (Å²) >= 11 is 0. The molecule has 0 bridgehead atoms. The molecule has 114 valence electrons.